The number of hydrogen-bond donors (Lipinski definition) is 1. The van der Waals surface area contributed by atoms with Crippen LogP contribution >= 0.6 is 15.9 Å². The lowest BCUT2D eigenvalue weighted by molar-refractivity contribution is 0.0991. The highest BCUT2D eigenvalue weighted by Crippen LogP contribution is 2.24. The van der Waals surface area contributed by atoms with Crippen LogP contribution in [0.25, 0.3) is 0 Å². The van der Waals surface area contributed by atoms with Gasteiger partial charge in [0.2, 0.25) is 0 Å². The number of ketones is 1. The molecular formula is C14H15BrFN3O. The summed E-state index contributed by atoms with van der Waals surface area (Å²) >= 11 is 3.44. The molecule has 1 heterocycles. The van der Waals surface area contributed by atoms with Crippen LogP contribution in [0.4, 0.5) is 10.1 Å². The zero-order valence-corrected chi connectivity index (χ0v) is 12.9. The van der Waals surface area contributed by atoms with Crippen LogP contribution in [-0.4, -0.2) is 15.6 Å². The Hall–Kier alpha value is -1.69. The number of benzene rings is 1. The van der Waals surface area contributed by atoms with Crippen molar-refractivity contribution in [1.82, 2.24) is 9.78 Å². The van der Waals surface area contributed by atoms with Gasteiger partial charge in [-0.05, 0) is 41.9 Å². The van der Waals surface area contributed by atoms with Crippen molar-refractivity contribution in [3.05, 3.63) is 45.4 Å². The number of Topliss-reactive ketones (excluding diaryl/α,β-unsaturated/α-hetero) is 1. The number of nitrogens with two attached hydrogens (primary N) is 1. The first-order chi connectivity index (χ1) is 9.45. The van der Waals surface area contributed by atoms with Gasteiger partial charge in [0.05, 0.1) is 28.0 Å². The Bertz CT molecular complexity index is 667. The lowest BCUT2D eigenvalue weighted by Crippen LogP contribution is -2.12. The second kappa shape index (κ2) is 5.75. The number of rotatable bonds is 4. The number of hydrogen-bond acceptors (Lipinski definition) is 3. The van der Waals surface area contributed by atoms with E-state index in [1.54, 1.807) is 4.68 Å². The molecule has 0 radical (unpaired) electrons. The van der Waals surface area contributed by atoms with Gasteiger partial charge in [0.15, 0.2) is 5.78 Å². The number of nitrogens with zero attached hydrogens (tertiary/aromatic N) is 2. The molecule has 106 valence electrons. The van der Waals surface area contributed by atoms with E-state index in [1.165, 1.54) is 18.2 Å². The molecule has 0 amide bonds. The SMILES string of the molecule is CCn1nc(C)c(Br)c1CC(=O)c1cccc(F)c1N. The molecule has 4 nitrogen and oxygen atoms in total. The molecule has 1 aromatic carbocycles. The molecule has 0 aliphatic carbocycles. The summed E-state index contributed by atoms with van der Waals surface area (Å²) in [6.07, 6.45) is 0.128. The molecule has 6 heteroatoms. The highest BCUT2D eigenvalue weighted by atomic mass is 79.9. The third-order valence-corrected chi connectivity index (χ3v) is 4.17. The number of para-hydroxylation sites is 1. The predicted octanol–water partition coefficient (Wildman–Crippen LogP) is 3.12. The molecule has 2 N–H and O–H groups in total. The van der Waals surface area contributed by atoms with Gasteiger partial charge in [-0.25, -0.2) is 4.39 Å². The molecule has 0 spiro atoms. The lowest BCUT2D eigenvalue weighted by atomic mass is 10.0. The quantitative estimate of drug-likeness (QED) is 0.687. The minimum Gasteiger partial charge on any atom is -0.396 e. The first-order valence-electron chi connectivity index (χ1n) is 6.24. The van der Waals surface area contributed by atoms with Crippen molar-refractivity contribution in [3.63, 3.8) is 0 Å². The average molecular weight is 340 g/mol. The number of anilines is 1. The van der Waals surface area contributed by atoms with Gasteiger partial charge in [-0.2, -0.15) is 5.10 Å². The van der Waals surface area contributed by atoms with Gasteiger partial charge in [0.25, 0.3) is 0 Å². The Morgan fingerprint density at radius 1 is 1.50 bits per heavy atom. The van der Waals surface area contributed by atoms with Crippen molar-refractivity contribution < 1.29 is 9.18 Å². The topological polar surface area (TPSA) is 60.9 Å². The Morgan fingerprint density at radius 2 is 2.20 bits per heavy atom. The van der Waals surface area contributed by atoms with Gasteiger partial charge < -0.3 is 5.73 Å². The molecule has 0 fully saturated rings. The van der Waals surface area contributed by atoms with E-state index in [4.69, 9.17) is 5.73 Å². The van der Waals surface area contributed by atoms with Gasteiger partial charge in [-0.1, -0.05) is 6.07 Å². The third kappa shape index (κ3) is 2.60. The van der Waals surface area contributed by atoms with Gasteiger partial charge in [-0.3, -0.25) is 9.48 Å². The molecule has 2 rings (SSSR count). The Morgan fingerprint density at radius 3 is 2.85 bits per heavy atom. The van der Waals surface area contributed by atoms with E-state index in [-0.39, 0.29) is 23.5 Å². The van der Waals surface area contributed by atoms with Gasteiger partial charge >= 0.3 is 0 Å². The standard InChI is InChI=1S/C14H15BrFN3O/c1-3-19-11(13(15)8(2)18-19)7-12(20)9-5-4-6-10(16)14(9)17/h4-6H,3,7,17H2,1-2H3. The fourth-order valence-electron chi connectivity index (χ4n) is 2.07. The van der Waals surface area contributed by atoms with Crippen LogP contribution in [-0.2, 0) is 13.0 Å². The van der Waals surface area contributed by atoms with Crippen LogP contribution in [0.15, 0.2) is 22.7 Å². The summed E-state index contributed by atoms with van der Waals surface area (Å²) in [7, 11) is 0. The number of carbonyl (C=O) groups is 1. The number of aryl methyl sites for hydroxylation is 2. The van der Waals surface area contributed by atoms with Crippen molar-refractivity contribution in [3.8, 4) is 0 Å². The van der Waals surface area contributed by atoms with E-state index in [0.29, 0.717) is 6.54 Å². The van der Waals surface area contributed by atoms with Crippen molar-refractivity contribution in [1.29, 1.82) is 0 Å². The zero-order chi connectivity index (χ0) is 14.9. The number of halogens is 2. The smallest absolute Gasteiger partial charge is 0.171 e. The lowest BCUT2D eigenvalue weighted by Gasteiger charge is -2.07. The minimum atomic E-state index is -0.574. The Balaban J connectivity index is 2.35. The van der Waals surface area contributed by atoms with Crippen molar-refractivity contribution in [2.45, 2.75) is 26.8 Å². The summed E-state index contributed by atoms with van der Waals surface area (Å²) in [6, 6.07) is 4.26. The summed E-state index contributed by atoms with van der Waals surface area (Å²) in [5.74, 6) is -0.799. The van der Waals surface area contributed by atoms with Crippen LogP contribution in [0.1, 0.15) is 28.7 Å². The predicted molar refractivity (Wildman–Crippen MR) is 79.2 cm³/mol. The Labute approximate surface area is 124 Å². The normalized spacial score (nSPS) is 10.8. The second-order valence-electron chi connectivity index (χ2n) is 4.46. The maximum absolute atomic E-state index is 13.4. The molecule has 2 aromatic rings. The van der Waals surface area contributed by atoms with Crippen LogP contribution in [0.3, 0.4) is 0 Å². The maximum atomic E-state index is 13.4. The van der Waals surface area contributed by atoms with Crippen molar-refractivity contribution in [2.75, 3.05) is 5.73 Å². The molecule has 1 aromatic heterocycles. The molecule has 0 bridgehead atoms. The molecule has 0 aliphatic rings. The molecule has 0 saturated carbocycles. The van der Waals surface area contributed by atoms with E-state index in [9.17, 15) is 9.18 Å². The van der Waals surface area contributed by atoms with Gasteiger partial charge in [-0.15, -0.1) is 0 Å². The van der Waals surface area contributed by atoms with E-state index < -0.39 is 5.82 Å². The highest BCUT2D eigenvalue weighted by Gasteiger charge is 2.19. The van der Waals surface area contributed by atoms with E-state index in [1.807, 2.05) is 13.8 Å². The van der Waals surface area contributed by atoms with E-state index in [0.717, 1.165) is 15.9 Å². The largest absolute Gasteiger partial charge is 0.396 e. The fourth-order valence-corrected chi connectivity index (χ4v) is 2.49. The monoisotopic (exact) mass is 339 g/mol. The molecule has 20 heavy (non-hydrogen) atoms. The van der Waals surface area contributed by atoms with E-state index in [2.05, 4.69) is 21.0 Å². The number of aromatic nitrogens is 2. The van der Waals surface area contributed by atoms with Gasteiger partial charge in [0.1, 0.15) is 5.82 Å². The summed E-state index contributed by atoms with van der Waals surface area (Å²) in [5, 5.41) is 4.33. The zero-order valence-electron chi connectivity index (χ0n) is 11.3. The van der Waals surface area contributed by atoms with Crippen LogP contribution in [0.5, 0.6) is 0 Å². The summed E-state index contributed by atoms with van der Waals surface area (Å²) in [4.78, 5) is 12.3. The number of nitrogen functional groups attached to an aromatic ring is 1. The van der Waals surface area contributed by atoms with Crippen molar-refractivity contribution >= 4 is 27.4 Å². The molecule has 0 saturated heterocycles. The highest BCUT2D eigenvalue weighted by molar-refractivity contribution is 9.10. The fraction of sp³-hybridized carbons (Fsp3) is 0.286. The van der Waals surface area contributed by atoms with E-state index >= 15 is 0 Å². The summed E-state index contributed by atoms with van der Waals surface area (Å²) < 4.78 is 16.0. The minimum absolute atomic E-state index is 0.104. The molecular weight excluding hydrogens is 325 g/mol. The molecule has 0 atom stereocenters. The van der Waals surface area contributed by atoms with Crippen LogP contribution in [0.2, 0.25) is 0 Å². The average Bonchev–Trinajstić information content (AvgIpc) is 2.69. The molecule has 0 unspecified atom stereocenters. The maximum Gasteiger partial charge on any atom is 0.171 e. The van der Waals surface area contributed by atoms with Crippen LogP contribution in [0, 0.1) is 12.7 Å². The van der Waals surface area contributed by atoms with Crippen molar-refractivity contribution in [2.24, 2.45) is 0 Å². The molecule has 0 aliphatic heterocycles. The van der Waals surface area contributed by atoms with Crippen LogP contribution < -0.4 is 5.73 Å². The second-order valence-corrected chi connectivity index (χ2v) is 5.26. The number of carbonyl (C=O) groups excluding carboxylic acids is 1. The van der Waals surface area contributed by atoms with Gasteiger partial charge in [0, 0.05) is 12.1 Å². The summed E-state index contributed by atoms with van der Waals surface area (Å²) in [6.45, 7) is 4.47. The first-order valence-corrected chi connectivity index (χ1v) is 7.04. The third-order valence-electron chi connectivity index (χ3n) is 3.13. The Kier molecular flexibility index (Phi) is 4.23. The summed E-state index contributed by atoms with van der Waals surface area (Å²) in [5.41, 5.74) is 7.32. The first kappa shape index (κ1) is 14.7.